The summed E-state index contributed by atoms with van der Waals surface area (Å²) in [5.41, 5.74) is 1.25. The molecule has 0 aromatic carbocycles. The first kappa shape index (κ1) is 13.6. The molecule has 0 bridgehead atoms. The predicted octanol–water partition coefficient (Wildman–Crippen LogP) is 2.80. The summed E-state index contributed by atoms with van der Waals surface area (Å²) in [7, 11) is 0. The molecular weight excluding hydrogens is 244 g/mol. The second kappa shape index (κ2) is 6.34. The summed E-state index contributed by atoms with van der Waals surface area (Å²) in [5, 5.41) is 7.58. The molecular formula is C14H22N2OS. The maximum Gasteiger partial charge on any atom is 0.240 e. The molecule has 18 heavy (non-hydrogen) atoms. The van der Waals surface area contributed by atoms with Crippen LogP contribution in [-0.4, -0.2) is 29.9 Å². The van der Waals surface area contributed by atoms with Gasteiger partial charge < -0.3 is 10.2 Å². The van der Waals surface area contributed by atoms with Crippen molar-refractivity contribution < 1.29 is 4.79 Å². The van der Waals surface area contributed by atoms with Crippen LogP contribution in [0.2, 0.25) is 0 Å². The Morgan fingerprint density at radius 2 is 2.44 bits per heavy atom. The number of hydrogen-bond donors (Lipinski definition) is 1. The maximum atomic E-state index is 12.4. The van der Waals surface area contributed by atoms with Crippen LogP contribution in [0.15, 0.2) is 16.8 Å². The van der Waals surface area contributed by atoms with Crippen LogP contribution >= 0.6 is 11.3 Å². The zero-order valence-corrected chi connectivity index (χ0v) is 12.0. The Hall–Kier alpha value is -0.870. The molecule has 3 nitrogen and oxygen atoms in total. The van der Waals surface area contributed by atoms with Crippen molar-refractivity contribution in [3.63, 3.8) is 0 Å². The summed E-state index contributed by atoms with van der Waals surface area (Å²) in [5.74, 6) is 0.272. The van der Waals surface area contributed by atoms with Gasteiger partial charge in [-0.2, -0.15) is 11.3 Å². The fourth-order valence-corrected chi connectivity index (χ4v) is 3.23. The van der Waals surface area contributed by atoms with E-state index in [0.717, 1.165) is 32.4 Å². The molecule has 0 spiro atoms. The van der Waals surface area contributed by atoms with Gasteiger partial charge in [0.25, 0.3) is 0 Å². The minimum absolute atomic E-state index is 0.0276. The Labute approximate surface area is 113 Å². The van der Waals surface area contributed by atoms with Gasteiger partial charge in [0.05, 0.1) is 12.1 Å². The van der Waals surface area contributed by atoms with Crippen molar-refractivity contribution in [3.05, 3.63) is 22.4 Å². The van der Waals surface area contributed by atoms with Gasteiger partial charge in [0.2, 0.25) is 5.91 Å². The maximum absolute atomic E-state index is 12.4. The van der Waals surface area contributed by atoms with Gasteiger partial charge in [0, 0.05) is 6.54 Å². The lowest BCUT2D eigenvalue weighted by Gasteiger charge is -2.36. The van der Waals surface area contributed by atoms with Gasteiger partial charge in [0.15, 0.2) is 0 Å². The molecule has 0 radical (unpaired) electrons. The number of nitrogens with one attached hydrogen (secondary N) is 1. The van der Waals surface area contributed by atoms with E-state index < -0.39 is 0 Å². The molecule has 1 N–H and O–H groups in total. The van der Waals surface area contributed by atoms with E-state index in [2.05, 4.69) is 36.0 Å². The van der Waals surface area contributed by atoms with E-state index in [0.29, 0.717) is 0 Å². The highest BCUT2D eigenvalue weighted by atomic mass is 32.1. The summed E-state index contributed by atoms with van der Waals surface area (Å²) >= 11 is 1.69. The van der Waals surface area contributed by atoms with Gasteiger partial charge in [-0.1, -0.05) is 6.92 Å². The Bertz CT molecular complexity index is 377. The normalized spacial score (nSPS) is 22.2. The zero-order valence-electron chi connectivity index (χ0n) is 11.2. The molecule has 4 heteroatoms. The van der Waals surface area contributed by atoms with E-state index in [1.807, 2.05) is 4.90 Å². The molecule has 2 atom stereocenters. The van der Waals surface area contributed by atoms with Gasteiger partial charge in [-0.3, -0.25) is 4.79 Å². The topological polar surface area (TPSA) is 32.3 Å². The third kappa shape index (κ3) is 2.93. The number of likely N-dealkylation sites (tertiary alicyclic amines) is 1. The second-order valence-electron chi connectivity index (χ2n) is 4.91. The fraction of sp³-hybridized carbons (Fsp3) is 0.643. The van der Waals surface area contributed by atoms with Gasteiger partial charge in [-0.25, -0.2) is 0 Å². The van der Waals surface area contributed by atoms with E-state index in [9.17, 15) is 4.79 Å². The molecule has 1 aromatic rings. The quantitative estimate of drug-likeness (QED) is 0.889. The molecule has 1 fully saturated rings. The minimum atomic E-state index is 0.0276. The summed E-state index contributed by atoms with van der Waals surface area (Å²) in [4.78, 5) is 14.5. The van der Waals surface area contributed by atoms with Crippen LogP contribution in [0.3, 0.4) is 0 Å². The third-order valence-electron chi connectivity index (χ3n) is 3.61. The molecule has 2 rings (SSSR count). The molecule has 2 unspecified atom stereocenters. The molecule has 0 aliphatic carbocycles. The summed E-state index contributed by atoms with van der Waals surface area (Å²) in [6, 6.07) is 2.35. The number of carbonyl (C=O) groups excluding carboxylic acids is 1. The van der Waals surface area contributed by atoms with Crippen LogP contribution in [0.25, 0.3) is 0 Å². The smallest absolute Gasteiger partial charge is 0.240 e. The lowest BCUT2D eigenvalue weighted by Crippen LogP contribution is -2.51. The van der Waals surface area contributed by atoms with Crippen molar-refractivity contribution in [2.75, 3.05) is 13.1 Å². The second-order valence-corrected chi connectivity index (χ2v) is 5.69. The Morgan fingerprint density at radius 1 is 1.61 bits per heavy atom. The number of carbonyl (C=O) groups is 1. The van der Waals surface area contributed by atoms with E-state index in [1.165, 1.54) is 5.56 Å². The van der Waals surface area contributed by atoms with Crippen LogP contribution in [0.1, 0.15) is 44.7 Å². The average Bonchev–Trinajstić information content (AvgIpc) is 2.91. The van der Waals surface area contributed by atoms with Crippen LogP contribution in [0, 0.1) is 0 Å². The van der Waals surface area contributed by atoms with Crippen molar-refractivity contribution in [1.82, 2.24) is 10.2 Å². The highest BCUT2D eigenvalue weighted by Gasteiger charge is 2.31. The van der Waals surface area contributed by atoms with Gasteiger partial charge in [0.1, 0.15) is 0 Å². The fourth-order valence-electron chi connectivity index (χ4n) is 2.48. The lowest BCUT2D eigenvalue weighted by molar-refractivity contribution is -0.138. The minimum Gasteiger partial charge on any atom is -0.335 e. The van der Waals surface area contributed by atoms with Crippen LogP contribution in [-0.2, 0) is 4.79 Å². The number of nitrogens with zero attached hydrogens (tertiary/aromatic N) is 1. The zero-order chi connectivity index (χ0) is 13.0. The van der Waals surface area contributed by atoms with Crippen LogP contribution in [0.4, 0.5) is 0 Å². The largest absolute Gasteiger partial charge is 0.335 e. The molecule has 2 heterocycles. The van der Waals surface area contributed by atoms with Gasteiger partial charge >= 0.3 is 0 Å². The predicted molar refractivity (Wildman–Crippen MR) is 75.8 cm³/mol. The van der Waals surface area contributed by atoms with Gasteiger partial charge in [-0.15, -0.1) is 0 Å². The average molecular weight is 266 g/mol. The first-order valence-corrected chi connectivity index (χ1v) is 7.74. The monoisotopic (exact) mass is 266 g/mol. The molecule has 0 saturated carbocycles. The highest BCUT2D eigenvalue weighted by molar-refractivity contribution is 7.07. The van der Waals surface area contributed by atoms with E-state index in [4.69, 9.17) is 0 Å². The standard InChI is InChI=1S/C14H22N2OS/c1-3-7-15-13-5-4-8-16(14(13)17)11(2)12-6-9-18-10-12/h6,9-11,13,15H,3-5,7-8H2,1-2H3. The first-order valence-electron chi connectivity index (χ1n) is 6.80. The number of thiophene rings is 1. The number of rotatable bonds is 5. The van der Waals surface area contributed by atoms with E-state index >= 15 is 0 Å². The summed E-state index contributed by atoms with van der Waals surface area (Å²) in [6.45, 7) is 6.07. The van der Waals surface area contributed by atoms with Crippen molar-refractivity contribution >= 4 is 17.2 Å². The van der Waals surface area contributed by atoms with Crippen LogP contribution < -0.4 is 5.32 Å². The van der Waals surface area contributed by atoms with Gasteiger partial charge in [-0.05, 0) is 55.1 Å². The third-order valence-corrected chi connectivity index (χ3v) is 4.31. The van der Waals surface area contributed by atoms with Crippen LogP contribution in [0.5, 0.6) is 0 Å². The first-order chi connectivity index (χ1) is 8.74. The number of piperidine rings is 1. The molecule has 1 amide bonds. The molecule has 1 aliphatic heterocycles. The lowest BCUT2D eigenvalue weighted by atomic mass is 10.0. The van der Waals surface area contributed by atoms with Crippen molar-refractivity contribution in [1.29, 1.82) is 0 Å². The molecule has 1 saturated heterocycles. The Morgan fingerprint density at radius 3 is 3.11 bits per heavy atom. The summed E-state index contributed by atoms with van der Waals surface area (Å²) in [6.07, 6.45) is 3.15. The number of hydrogen-bond acceptors (Lipinski definition) is 3. The molecule has 1 aliphatic rings. The van der Waals surface area contributed by atoms with Crippen molar-refractivity contribution in [2.45, 2.75) is 45.2 Å². The summed E-state index contributed by atoms with van der Waals surface area (Å²) < 4.78 is 0. The van der Waals surface area contributed by atoms with E-state index in [1.54, 1.807) is 11.3 Å². The molecule has 100 valence electrons. The SMILES string of the molecule is CCCNC1CCCN(C(C)c2ccsc2)C1=O. The molecule has 1 aromatic heterocycles. The Kier molecular flexibility index (Phi) is 4.78. The highest BCUT2D eigenvalue weighted by Crippen LogP contribution is 2.26. The van der Waals surface area contributed by atoms with E-state index in [-0.39, 0.29) is 18.0 Å². The number of amides is 1. The Balaban J connectivity index is 2.02. The van der Waals surface area contributed by atoms with Crippen molar-refractivity contribution in [2.24, 2.45) is 0 Å². The van der Waals surface area contributed by atoms with Crippen molar-refractivity contribution in [3.8, 4) is 0 Å².